The third-order valence-corrected chi connectivity index (χ3v) is 4.08. The smallest absolute Gasteiger partial charge is 0.237 e. The molecule has 1 unspecified atom stereocenters. The first kappa shape index (κ1) is 16.1. The molecule has 0 aliphatic heterocycles. The number of benzene rings is 1. The number of H-pyrrole nitrogens is 1. The highest BCUT2D eigenvalue weighted by molar-refractivity contribution is 8.00. The number of anilines is 1. The van der Waals surface area contributed by atoms with Gasteiger partial charge in [0, 0.05) is 11.9 Å². The molecule has 0 bridgehead atoms. The molecule has 2 aromatic heterocycles. The minimum atomic E-state index is -0.444. The van der Waals surface area contributed by atoms with Crippen LogP contribution >= 0.6 is 11.8 Å². The van der Waals surface area contributed by atoms with Crippen molar-refractivity contribution in [1.82, 2.24) is 20.2 Å². The molecule has 122 valence electrons. The van der Waals surface area contributed by atoms with E-state index in [1.54, 1.807) is 19.2 Å². The molecule has 2 N–H and O–H groups in total. The Morgan fingerprint density at radius 1 is 1.29 bits per heavy atom. The Bertz CT molecular complexity index is 839. The fourth-order valence-electron chi connectivity index (χ4n) is 1.94. The number of rotatable bonds is 5. The first-order valence-corrected chi connectivity index (χ1v) is 8.06. The fourth-order valence-corrected chi connectivity index (χ4v) is 2.66. The molecule has 0 aliphatic carbocycles. The van der Waals surface area contributed by atoms with Gasteiger partial charge in [0.25, 0.3) is 0 Å². The monoisotopic (exact) mass is 343 g/mol. The molecule has 3 rings (SSSR count). The van der Waals surface area contributed by atoms with E-state index in [1.165, 1.54) is 30.0 Å². The number of amides is 1. The van der Waals surface area contributed by atoms with Crippen molar-refractivity contribution in [3.05, 3.63) is 54.5 Å². The Morgan fingerprint density at radius 2 is 2.17 bits per heavy atom. The van der Waals surface area contributed by atoms with E-state index in [0.29, 0.717) is 22.4 Å². The van der Waals surface area contributed by atoms with Gasteiger partial charge in [-0.15, -0.1) is 5.10 Å². The van der Waals surface area contributed by atoms with E-state index < -0.39 is 11.1 Å². The number of halogens is 1. The quantitative estimate of drug-likeness (QED) is 0.696. The lowest BCUT2D eigenvalue weighted by Crippen LogP contribution is -2.22. The zero-order chi connectivity index (χ0) is 16.9. The maximum absolute atomic E-state index is 13.1. The van der Waals surface area contributed by atoms with E-state index >= 15 is 0 Å². The van der Waals surface area contributed by atoms with Gasteiger partial charge in [0.2, 0.25) is 11.1 Å². The van der Waals surface area contributed by atoms with Crippen molar-refractivity contribution in [2.45, 2.75) is 17.3 Å². The Kier molecular flexibility index (Phi) is 4.85. The van der Waals surface area contributed by atoms with Crippen molar-refractivity contribution in [2.75, 3.05) is 5.32 Å². The second-order valence-electron chi connectivity index (χ2n) is 4.94. The van der Waals surface area contributed by atoms with Gasteiger partial charge in [0.15, 0.2) is 5.82 Å². The molecule has 0 saturated carbocycles. The zero-order valence-electron chi connectivity index (χ0n) is 12.7. The summed E-state index contributed by atoms with van der Waals surface area (Å²) in [5.74, 6) is -0.118. The molecule has 3 aromatic rings. The highest BCUT2D eigenvalue weighted by Crippen LogP contribution is 2.23. The average molecular weight is 343 g/mol. The van der Waals surface area contributed by atoms with Crippen LogP contribution in [0.1, 0.15) is 6.92 Å². The van der Waals surface area contributed by atoms with Crippen LogP contribution in [0.15, 0.2) is 53.8 Å². The Balaban J connectivity index is 1.63. The lowest BCUT2D eigenvalue weighted by atomic mass is 10.3. The van der Waals surface area contributed by atoms with Crippen molar-refractivity contribution in [3.8, 4) is 11.5 Å². The number of aromatic nitrogens is 4. The zero-order valence-corrected chi connectivity index (χ0v) is 13.5. The predicted molar refractivity (Wildman–Crippen MR) is 90.0 cm³/mol. The maximum Gasteiger partial charge on any atom is 0.237 e. The summed E-state index contributed by atoms with van der Waals surface area (Å²) in [5, 5.41) is 9.54. The Hall–Kier alpha value is -2.74. The lowest BCUT2D eigenvalue weighted by molar-refractivity contribution is -0.115. The molecule has 0 aliphatic rings. The van der Waals surface area contributed by atoms with Crippen LogP contribution in [-0.4, -0.2) is 31.3 Å². The number of thioether (sulfide) groups is 1. The van der Waals surface area contributed by atoms with Crippen LogP contribution in [0.3, 0.4) is 0 Å². The summed E-state index contributed by atoms with van der Waals surface area (Å²) in [6, 6.07) is 11.2. The summed E-state index contributed by atoms with van der Waals surface area (Å²) >= 11 is 1.20. The van der Waals surface area contributed by atoms with Crippen molar-refractivity contribution >= 4 is 23.4 Å². The third kappa shape index (κ3) is 3.96. The van der Waals surface area contributed by atoms with Crippen LogP contribution in [0.5, 0.6) is 0 Å². The lowest BCUT2D eigenvalue weighted by Gasteiger charge is -2.10. The predicted octanol–water partition coefficient (Wildman–Crippen LogP) is 3.13. The van der Waals surface area contributed by atoms with Crippen LogP contribution < -0.4 is 5.32 Å². The normalized spacial score (nSPS) is 11.9. The molecule has 1 atom stereocenters. The van der Waals surface area contributed by atoms with E-state index in [1.807, 2.05) is 18.2 Å². The number of carbonyl (C=O) groups excluding carboxylic acids is 1. The second kappa shape index (κ2) is 7.22. The summed E-state index contributed by atoms with van der Waals surface area (Å²) < 4.78 is 13.1. The first-order chi connectivity index (χ1) is 11.6. The number of nitrogens with one attached hydrogen (secondary N) is 2. The van der Waals surface area contributed by atoms with Crippen LogP contribution in [0.25, 0.3) is 11.5 Å². The molecule has 1 amide bonds. The van der Waals surface area contributed by atoms with Gasteiger partial charge < -0.3 is 5.32 Å². The third-order valence-electron chi connectivity index (χ3n) is 3.12. The number of hydrogen-bond acceptors (Lipinski definition) is 5. The van der Waals surface area contributed by atoms with E-state index in [9.17, 15) is 9.18 Å². The van der Waals surface area contributed by atoms with E-state index in [4.69, 9.17) is 0 Å². The van der Waals surface area contributed by atoms with Crippen molar-refractivity contribution in [3.63, 3.8) is 0 Å². The van der Waals surface area contributed by atoms with Crippen LogP contribution in [0, 0.1) is 5.82 Å². The highest BCUT2D eigenvalue weighted by Gasteiger charge is 2.18. The standard InChI is InChI=1S/C16H14FN5OS/c1-10(15(23)19-12-6-4-5-11(17)9-12)24-16-20-14(21-22-16)13-7-2-3-8-18-13/h2-10H,1H3,(H,19,23)(H,20,21,22). The van der Waals surface area contributed by atoms with Gasteiger partial charge in [-0.2, -0.15) is 4.98 Å². The number of nitrogens with zero attached hydrogens (tertiary/aromatic N) is 3. The van der Waals surface area contributed by atoms with Crippen LogP contribution in [-0.2, 0) is 4.79 Å². The van der Waals surface area contributed by atoms with E-state index in [2.05, 4.69) is 25.5 Å². The largest absolute Gasteiger partial charge is 0.325 e. The molecule has 2 heterocycles. The van der Waals surface area contributed by atoms with Gasteiger partial charge in [-0.05, 0) is 37.3 Å². The summed E-state index contributed by atoms with van der Waals surface area (Å²) in [7, 11) is 0. The molecule has 6 nitrogen and oxygen atoms in total. The van der Waals surface area contributed by atoms with Gasteiger partial charge in [-0.25, -0.2) is 4.39 Å². The summed E-state index contributed by atoms with van der Waals surface area (Å²) in [6.45, 7) is 1.73. The van der Waals surface area contributed by atoms with E-state index in [-0.39, 0.29) is 5.91 Å². The molecule has 0 spiro atoms. The van der Waals surface area contributed by atoms with Crippen molar-refractivity contribution in [2.24, 2.45) is 0 Å². The molecule has 0 fully saturated rings. The molecular weight excluding hydrogens is 329 g/mol. The minimum absolute atomic E-state index is 0.255. The second-order valence-corrected chi connectivity index (χ2v) is 6.25. The van der Waals surface area contributed by atoms with Crippen LogP contribution in [0.2, 0.25) is 0 Å². The Labute approximate surface area is 141 Å². The molecule has 8 heteroatoms. The maximum atomic E-state index is 13.1. The SMILES string of the molecule is CC(Sc1n[nH]c(-c2ccccn2)n1)C(=O)Nc1cccc(F)c1. The number of carbonyl (C=O) groups is 1. The first-order valence-electron chi connectivity index (χ1n) is 7.19. The molecular formula is C16H14FN5OS. The van der Waals surface area contributed by atoms with Gasteiger partial charge in [-0.1, -0.05) is 23.9 Å². The molecule has 1 aromatic carbocycles. The van der Waals surface area contributed by atoms with Gasteiger partial charge in [0.05, 0.1) is 5.25 Å². The van der Waals surface area contributed by atoms with Gasteiger partial charge in [-0.3, -0.25) is 14.9 Å². The summed E-state index contributed by atoms with van der Waals surface area (Å²) in [6.07, 6.45) is 1.67. The number of hydrogen-bond donors (Lipinski definition) is 2. The minimum Gasteiger partial charge on any atom is -0.325 e. The van der Waals surface area contributed by atoms with Crippen molar-refractivity contribution < 1.29 is 9.18 Å². The Morgan fingerprint density at radius 3 is 2.92 bits per heavy atom. The molecule has 24 heavy (non-hydrogen) atoms. The summed E-state index contributed by atoms with van der Waals surface area (Å²) in [4.78, 5) is 20.7. The highest BCUT2D eigenvalue weighted by atomic mass is 32.2. The number of aromatic amines is 1. The molecule has 0 radical (unpaired) electrons. The molecule has 0 saturated heterocycles. The average Bonchev–Trinajstić information content (AvgIpc) is 3.04. The van der Waals surface area contributed by atoms with Crippen molar-refractivity contribution in [1.29, 1.82) is 0 Å². The van der Waals surface area contributed by atoms with Gasteiger partial charge >= 0.3 is 0 Å². The fraction of sp³-hybridized carbons (Fsp3) is 0.125. The summed E-state index contributed by atoms with van der Waals surface area (Å²) in [5.41, 5.74) is 1.09. The number of pyridine rings is 1. The topological polar surface area (TPSA) is 83.6 Å². The van der Waals surface area contributed by atoms with Crippen LogP contribution in [0.4, 0.5) is 10.1 Å². The van der Waals surface area contributed by atoms with E-state index in [0.717, 1.165) is 0 Å². The van der Waals surface area contributed by atoms with Gasteiger partial charge in [0.1, 0.15) is 11.5 Å².